The number of sulfonamides is 1. The third kappa shape index (κ3) is 3.35. The standard InChI is InChI=1S/C14H23N3O3S/c1-4-7-16-10-14(15-12(16)3)21(19,20)17-8-5-13(6-9-17)11(2)18/h10,13H,4-9H2,1-3H3. The molecule has 0 saturated carbocycles. The van der Waals surface area contributed by atoms with E-state index in [9.17, 15) is 13.2 Å². The first-order valence-electron chi connectivity index (χ1n) is 7.40. The number of hydrogen-bond donors (Lipinski definition) is 0. The Bertz CT molecular complexity index is 613. The van der Waals surface area contributed by atoms with Crippen LogP contribution >= 0.6 is 0 Å². The quantitative estimate of drug-likeness (QED) is 0.827. The number of piperidine rings is 1. The number of nitrogens with zero attached hydrogens (tertiary/aromatic N) is 3. The van der Waals surface area contributed by atoms with Crippen molar-refractivity contribution in [1.82, 2.24) is 13.9 Å². The van der Waals surface area contributed by atoms with Gasteiger partial charge in [-0.25, -0.2) is 13.4 Å². The van der Waals surface area contributed by atoms with Crippen LogP contribution in [0.4, 0.5) is 0 Å². The van der Waals surface area contributed by atoms with Crippen LogP contribution in [0.25, 0.3) is 0 Å². The maximum atomic E-state index is 12.6. The van der Waals surface area contributed by atoms with Crippen LogP contribution in [-0.4, -0.2) is 41.1 Å². The molecule has 0 aliphatic carbocycles. The zero-order chi connectivity index (χ0) is 15.6. The number of ketones is 1. The SMILES string of the molecule is CCCn1cc(S(=O)(=O)N2CCC(C(C)=O)CC2)nc1C. The molecule has 21 heavy (non-hydrogen) atoms. The summed E-state index contributed by atoms with van der Waals surface area (Å²) in [4.78, 5) is 15.6. The minimum Gasteiger partial charge on any atom is -0.334 e. The first kappa shape index (κ1) is 16.2. The lowest BCUT2D eigenvalue weighted by Crippen LogP contribution is -2.40. The maximum absolute atomic E-state index is 12.6. The molecule has 0 radical (unpaired) electrons. The van der Waals surface area contributed by atoms with E-state index < -0.39 is 10.0 Å². The van der Waals surface area contributed by atoms with E-state index in [1.165, 1.54) is 4.31 Å². The van der Waals surface area contributed by atoms with Crippen LogP contribution in [0.15, 0.2) is 11.2 Å². The van der Waals surface area contributed by atoms with Gasteiger partial charge >= 0.3 is 0 Å². The molecule has 0 spiro atoms. The molecule has 0 N–H and O–H groups in total. The first-order chi connectivity index (χ1) is 9.86. The number of carbonyl (C=O) groups excluding carboxylic acids is 1. The molecule has 2 heterocycles. The fourth-order valence-corrected chi connectivity index (χ4v) is 4.17. The summed E-state index contributed by atoms with van der Waals surface area (Å²) in [7, 11) is -3.54. The summed E-state index contributed by atoms with van der Waals surface area (Å²) in [6.07, 6.45) is 3.75. The highest BCUT2D eigenvalue weighted by molar-refractivity contribution is 7.89. The van der Waals surface area contributed by atoms with Gasteiger partial charge in [0, 0.05) is 31.7 Å². The number of imidazole rings is 1. The third-order valence-corrected chi connectivity index (χ3v) is 5.82. The van der Waals surface area contributed by atoms with Crippen molar-refractivity contribution in [2.45, 2.75) is 51.6 Å². The average molecular weight is 313 g/mol. The van der Waals surface area contributed by atoms with E-state index in [0.29, 0.717) is 31.8 Å². The number of hydrogen-bond acceptors (Lipinski definition) is 4. The fraction of sp³-hybridized carbons (Fsp3) is 0.714. The summed E-state index contributed by atoms with van der Waals surface area (Å²) < 4.78 is 28.5. The van der Waals surface area contributed by atoms with Gasteiger partial charge in [-0.1, -0.05) is 6.92 Å². The van der Waals surface area contributed by atoms with Gasteiger partial charge in [0.05, 0.1) is 0 Å². The van der Waals surface area contributed by atoms with Crippen LogP contribution in [0.1, 0.15) is 38.9 Å². The molecule has 1 saturated heterocycles. The van der Waals surface area contributed by atoms with Crippen molar-refractivity contribution in [3.63, 3.8) is 0 Å². The van der Waals surface area contributed by atoms with Gasteiger partial charge in [0.15, 0.2) is 5.03 Å². The Hall–Kier alpha value is -1.21. The Kier molecular flexibility index (Phi) is 4.83. The minimum absolute atomic E-state index is 0.00386. The molecule has 118 valence electrons. The summed E-state index contributed by atoms with van der Waals surface area (Å²) in [6, 6.07) is 0. The highest BCUT2D eigenvalue weighted by Gasteiger charge is 2.32. The van der Waals surface area contributed by atoms with Gasteiger partial charge in [-0.3, -0.25) is 4.79 Å². The lowest BCUT2D eigenvalue weighted by atomic mass is 9.95. The monoisotopic (exact) mass is 313 g/mol. The van der Waals surface area contributed by atoms with E-state index in [4.69, 9.17) is 0 Å². The van der Waals surface area contributed by atoms with Crippen LogP contribution in [0.2, 0.25) is 0 Å². The normalized spacial score (nSPS) is 18.0. The van der Waals surface area contributed by atoms with Gasteiger partial charge in [-0.15, -0.1) is 0 Å². The predicted octanol–water partition coefficient (Wildman–Crippen LogP) is 1.59. The van der Waals surface area contributed by atoms with Crippen molar-refractivity contribution in [3.05, 3.63) is 12.0 Å². The second-order valence-electron chi connectivity index (χ2n) is 5.61. The molecule has 6 nitrogen and oxygen atoms in total. The van der Waals surface area contributed by atoms with E-state index >= 15 is 0 Å². The smallest absolute Gasteiger partial charge is 0.262 e. The number of Topliss-reactive ketones (excluding diaryl/α,β-unsaturated/α-hetero) is 1. The first-order valence-corrected chi connectivity index (χ1v) is 8.84. The van der Waals surface area contributed by atoms with Gasteiger partial charge in [0.1, 0.15) is 11.6 Å². The van der Waals surface area contributed by atoms with Crippen LogP contribution in [0.3, 0.4) is 0 Å². The van der Waals surface area contributed by atoms with Gasteiger partial charge in [-0.05, 0) is 33.1 Å². The van der Waals surface area contributed by atoms with Crippen molar-refractivity contribution in [3.8, 4) is 0 Å². The number of rotatable bonds is 5. The molecule has 1 fully saturated rings. The summed E-state index contributed by atoms with van der Waals surface area (Å²) in [5.74, 6) is 0.861. The molecule has 2 rings (SSSR count). The maximum Gasteiger partial charge on any atom is 0.262 e. The van der Waals surface area contributed by atoms with Gasteiger partial charge in [0.25, 0.3) is 10.0 Å². The highest BCUT2D eigenvalue weighted by atomic mass is 32.2. The Labute approximate surface area is 126 Å². The highest BCUT2D eigenvalue weighted by Crippen LogP contribution is 2.24. The van der Waals surface area contributed by atoms with Crippen LogP contribution in [0, 0.1) is 12.8 Å². The zero-order valence-electron chi connectivity index (χ0n) is 12.9. The topological polar surface area (TPSA) is 72.3 Å². The largest absolute Gasteiger partial charge is 0.334 e. The summed E-state index contributed by atoms with van der Waals surface area (Å²) in [6.45, 7) is 6.99. The molecule has 0 amide bonds. The number of carbonyl (C=O) groups is 1. The summed E-state index contributed by atoms with van der Waals surface area (Å²) >= 11 is 0. The molecule has 0 bridgehead atoms. The molecule has 1 aromatic rings. The lowest BCUT2D eigenvalue weighted by molar-refractivity contribution is -0.121. The Balaban J connectivity index is 2.15. The van der Waals surface area contributed by atoms with Crippen molar-refractivity contribution >= 4 is 15.8 Å². The molecule has 0 atom stereocenters. The van der Waals surface area contributed by atoms with E-state index in [1.54, 1.807) is 13.1 Å². The zero-order valence-corrected chi connectivity index (χ0v) is 13.7. The lowest BCUT2D eigenvalue weighted by Gasteiger charge is -2.29. The third-order valence-electron chi connectivity index (χ3n) is 4.05. The van der Waals surface area contributed by atoms with E-state index in [0.717, 1.165) is 13.0 Å². The number of aryl methyl sites for hydroxylation is 2. The Morgan fingerprint density at radius 3 is 2.52 bits per heavy atom. The summed E-state index contributed by atoms with van der Waals surface area (Å²) in [5.41, 5.74) is 0. The van der Waals surface area contributed by atoms with Crippen molar-refractivity contribution < 1.29 is 13.2 Å². The predicted molar refractivity (Wildman–Crippen MR) is 79.4 cm³/mol. The molecule has 0 aromatic carbocycles. The molecule has 1 aliphatic heterocycles. The van der Waals surface area contributed by atoms with Gasteiger partial charge in [0.2, 0.25) is 0 Å². The van der Waals surface area contributed by atoms with E-state index in [1.807, 2.05) is 18.4 Å². The van der Waals surface area contributed by atoms with Gasteiger partial charge < -0.3 is 4.57 Å². The fourth-order valence-electron chi connectivity index (χ4n) is 2.71. The molecule has 1 aromatic heterocycles. The van der Waals surface area contributed by atoms with E-state index in [-0.39, 0.29) is 16.7 Å². The molecular formula is C14H23N3O3S. The second-order valence-corrected chi connectivity index (χ2v) is 7.49. The molecule has 0 unspecified atom stereocenters. The Morgan fingerprint density at radius 1 is 1.38 bits per heavy atom. The van der Waals surface area contributed by atoms with Crippen LogP contribution < -0.4 is 0 Å². The van der Waals surface area contributed by atoms with Crippen LogP contribution in [-0.2, 0) is 21.4 Å². The molecule has 1 aliphatic rings. The number of aromatic nitrogens is 2. The van der Waals surface area contributed by atoms with E-state index in [2.05, 4.69) is 4.98 Å². The van der Waals surface area contributed by atoms with Gasteiger partial charge in [-0.2, -0.15) is 4.31 Å². The molecule has 7 heteroatoms. The average Bonchev–Trinajstić information content (AvgIpc) is 2.81. The van der Waals surface area contributed by atoms with Crippen molar-refractivity contribution in [1.29, 1.82) is 0 Å². The second kappa shape index (κ2) is 6.27. The minimum atomic E-state index is -3.54. The van der Waals surface area contributed by atoms with Crippen molar-refractivity contribution in [2.24, 2.45) is 5.92 Å². The van der Waals surface area contributed by atoms with Crippen LogP contribution in [0.5, 0.6) is 0 Å². The van der Waals surface area contributed by atoms with Crippen molar-refractivity contribution in [2.75, 3.05) is 13.1 Å². The molecular weight excluding hydrogens is 290 g/mol. The summed E-state index contributed by atoms with van der Waals surface area (Å²) in [5, 5.41) is 0.120. The Morgan fingerprint density at radius 2 is 2.00 bits per heavy atom.